The number of carbonyl (C=O) groups is 2. The van der Waals surface area contributed by atoms with Gasteiger partial charge in [0, 0.05) is 12.0 Å². The van der Waals surface area contributed by atoms with Crippen molar-refractivity contribution in [1.29, 1.82) is 0 Å². The zero-order valence-corrected chi connectivity index (χ0v) is 9.07. The van der Waals surface area contributed by atoms with Gasteiger partial charge in [-0.1, -0.05) is 0 Å². The molecule has 0 atom stereocenters. The monoisotopic (exact) mass is 211 g/mol. The van der Waals surface area contributed by atoms with Gasteiger partial charge in [-0.2, -0.15) is 0 Å². The minimum Gasteiger partial charge on any atom is -0.465 e. The van der Waals surface area contributed by atoms with Crippen molar-refractivity contribution in [2.75, 3.05) is 13.2 Å². The Kier molecular flexibility index (Phi) is 2.93. The van der Waals surface area contributed by atoms with E-state index in [0.29, 0.717) is 6.61 Å². The predicted molar refractivity (Wildman–Crippen MR) is 54.1 cm³/mol. The lowest BCUT2D eigenvalue weighted by Gasteiger charge is -2.44. The van der Waals surface area contributed by atoms with Crippen molar-refractivity contribution < 1.29 is 14.3 Å². The van der Waals surface area contributed by atoms with Gasteiger partial charge in [-0.3, -0.25) is 9.59 Å². The molecule has 2 bridgehead atoms. The molecule has 4 heteroatoms. The zero-order chi connectivity index (χ0) is 10.8. The molecule has 84 valence electrons. The maximum absolute atomic E-state index is 11.8. The van der Waals surface area contributed by atoms with E-state index in [1.54, 1.807) is 11.8 Å². The molecule has 3 aliphatic rings. The lowest BCUT2D eigenvalue weighted by atomic mass is 9.79. The summed E-state index contributed by atoms with van der Waals surface area (Å²) in [5.41, 5.74) is 0. The average Bonchev–Trinajstić information content (AvgIpc) is 2.24. The van der Waals surface area contributed by atoms with Crippen molar-refractivity contribution in [3.63, 3.8) is 0 Å². The smallest absolute Gasteiger partial charge is 0.325 e. The largest absolute Gasteiger partial charge is 0.465 e. The van der Waals surface area contributed by atoms with Gasteiger partial charge in [-0.25, -0.2) is 0 Å². The highest BCUT2D eigenvalue weighted by molar-refractivity contribution is 5.85. The van der Waals surface area contributed by atoms with Crippen LogP contribution in [0.1, 0.15) is 32.6 Å². The molecule has 3 fully saturated rings. The molecule has 2 saturated heterocycles. The van der Waals surface area contributed by atoms with E-state index in [0.717, 1.165) is 25.7 Å². The summed E-state index contributed by atoms with van der Waals surface area (Å²) in [6.07, 6.45) is 4.11. The van der Waals surface area contributed by atoms with Gasteiger partial charge >= 0.3 is 5.97 Å². The van der Waals surface area contributed by atoms with Gasteiger partial charge in [0.15, 0.2) is 0 Å². The Hall–Kier alpha value is -1.06. The molecule has 1 aliphatic carbocycles. The summed E-state index contributed by atoms with van der Waals surface area (Å²) in [7, 11) is 0. The van der Waals surface area contributed by atoms with Gasteiger partial charge in [0.25, 0.3) is 0 Å². The molecule has 0 spiro atoms. The van der Waals surface area contributed by atoms with Gasteiger partial charge in [-0.05, 0) is 32.6 Å². The van der Waals surface area contributed by atoms with Crippen molar-refractivity contribution in [2.24, 2.45) is 5.92 Å². The van der Waals surface area contributed by atoms with Crippen LogP contribution in [-0.2, 0) is 14.3 Å². The van der Waals surface area contributed by atoms with Crippen molar-refractivity contribution in [2.45, 2.75) is 38.6 Å². The Bertz CT molecular complexity index is 269. The standard InChI is InChI=1S/C11H17NO3/c1-2-15-10(13)7-12-9-5-3-8(4-6-9)11(12)14/h8-9H,2-7H2,1H3. The number of fused-ring (bicyclic) bond motifs is 3. The molecule has 4 nitrogen and oxygen atoms in total. The molecular weight excluding hydrogens is 194 g/mol. The third-order valence-corrected chi connectivity index (χ3v) is 3.37. The SMILES string of the molecule is CCOC(=O)CN1C(=O)C2CCC1CC2. The Morgan fingerprint density at radius 2 is 2.07 bits per heavy atom. The van der Waals surface area contributed by atoms with Gasteiger partial charge < -0.3 is 9.64 Å². The van der Waals surface area contributed by atoms with Gasteiger partial charge in [-0.15, -0.1) is 0 Å². The lowest BCUT2D eigenvalue weighted by Crippen LogP contribution is -2.54. The number of ether oxygens (including phenoxy) is 1. The van der Waals surface area contributed by atoms with Crippen LogP contribution in [0.3, 0.4) is 0 Å². The number of rotatable bonds is 3. The summed E-state index contributed by atoms with van der Waals surface area (Å²) in [5, 5.41) is 0. The molecule has 0 N–H and O–H groups in total. The van der Waals surface area contributed by atoms with Crippen LogP contribution < -0.4 is 0 Å². The van der Waals surface area contributed by atoms with E-state index >= 15 is 0 Å². The average molecular weight is 211 g/mol. The van der Waals surface area contributed by atoms with E-state index in [-0.39, 0.29) is 30.4 Å². The Morgan fingerprint density at radius 3 is 2.60 bits per heavy atom. The van der Waals surface area contributed by atoms with E-state index in [4.69, 9.17) is 4.74 Å². The molecule has 0 unspecified atom stereocenters. The number of nitrogens with zero attached hydrogens (tertiary/aromatic N) is 1. The quantitative estimate of drug-likeness (QED) is 0.653. The van der Waals surface area contributed by atoms with Crippen molar-refractivity contribution in [1.82, 2.24) is 4.90 Å². The molecule has 0 radical (unpaired) electrons. The maximum Gasteiger partial charge on any atom is 0.325 e. The molecular formula is C11H17NO3. The highest BCUT2D eigenvalue weighted by atomic mass is 16.5. The fourth-order valence-corrected chi connectivity index (χ4v) is 2.60. The molecule has 3 rings (SSSR count). The Balaban J connectivity index is 1.96. The van der Waals surface area contributed by atoms with Crippen LogP contribution in [0.15, 0.2) is 0 Å². The van der Waals surface area contributed by atoms with E-state index in [2.05, 4.69) is 0 Å². The minimum atomic E-state index is -0.279. The molecule has 0 aromatic carbocycles. The third kappa shape index (κ3) is 1.98. The first-order valence-corrected chi connectivity index (χ1v) is 5.68. The molecule has 2 heterocycles. The van der Waals surface area contributed by atoms with E-state index in [9.17, 15) is 9.59 Å². The van der Waals surface area contributed by atoms with Crippen LogP contribution >= 0.6 is 0 Å². The molecule has 1 amide bonds. The summed E-state index contributed by atoms with van der Waals surface area (Å²) in [6.45, 7) is 2.31. The summed E-state index contributed by atoms with van der Waals surface area (Å²) in [5.74, 6) is 0.0494. The fraction of sp³-hybridized carbons (Fsp3) is 0.818. The van der Waals surface area contributed by atoms with Crippen LogP contribution in [-0.4, -0.2) is 36.0 Å². The molecule has 2 aliphatic heterocycles. The summed E-state index contributed by atoms with van der Waals surface area (Å²) in [6, 6.07) is 0.284. The highest BCUT2D eigenvalue weighted by Gasteiger charge is 2.40. The second kappa shape index (κ2) is 4.21. The fourth-order valence-electron chi connectivity index (χ4n) is 2.60. The first-order valence-electron chi connectivity index (χ1n) is 5.68. The number of hydrogen-bond donors (Lipinski definition) is 0. The van der Waals surface area contributed by atoms with Crippen LogP contribution in [0.5, 0.6) is 0 Å². The van der Waals surface area contributed by atoms with Crippen molar-refractivity contribution in [3.8, 4) is 0 Å². The third-order valence-electron chi connectivity index (χ3n) is 3.37. The van der Waals surface area contributed by atoms with Gasteiger partial charge in [0.2, 0.25) is 5.91 Å². The highest BCUT2D eigenvalue weighted by Crippen LogP contribution is 2.35. The number of carbonyl (C=O) groups excluding carboxylic acids is 2. The molecule has 0 aromatic heterocycles. The first kappa shape index (κ1) is 10.5. The second-order valence-electron chi connectivity index (χ2n) is 4.28. The maximum atomic E-state index is 11.8. The summed E-state index contributed by atoms with van der Waals surface area (Å²) >= 11 is 0. The molecule has 15 heavy (non-hydrogen) atoms. The van der Waals surface area contributed by atoms with E-state index in [1.165, 1.54) is 0 Å². The number of amides is 1. The van der Waals surface area contributed by atoms with Crippen LogP contribution in [0.25, 0.3) is 0 Å². The Labute approximate surface area is 89.6 Å². The van der Waals surface area contributed by atoms with E-state index < -0.39 is 0 Å². The predicted octanol–water partition coefficient (Wildman–Crippen LogP) is 0.950. The van der Waals surface area contributed by atoms with E-state index in [1.807, 2.05) is 0 Å². The van der Waals surface area contributed by atoms with Gasteiger partial charge in [0.05, 0.1) is 6.61 Å². The normalized spacial score (nSPS) is 29.4. The van der Waals surface area contributed by atoms with Crippen molar-refractivity contribution >= 4 is 11.9 Å². The number of piperidine rings is 2. The lowest BCUT2D eigenvalue weighted by molar-refractivity contribution is -0.157. The summed E-state index contributed by atoms with van der Waals surface area (Å²) < 4.78 is 4.87. The van der Waals surface area contributed by atoms with Crippen LogP contribution in [0, 0.1) is 5.92 Å². The van der Waals surface area contributed by atoms with Crippen LogP contribution in [0.2, 0.25) is 0 Å². The zero-order valence-electron chi connectivity index (χ0n) is 9.07. The number of esters is 1. The van der Waals surface area contributed by atoms with Crippen molar-refractivity contribution in [3.05, 3.63) is 0 Å². The minimum absolute atomic E-state index is 0.147. The van der Waals surface area contributed by atoms with Gasteiger partial charge in [0.1, 0.15) is 6.54 Å². The molecule has 0 aromatic rings. The topological polar surface area (TPSA) is 46.6 Å². The Morgan fingerprint density at radius 1 is 1.40 bits per heavy atom. The summed E-state index contributed by atoms with van der Waals surface area (Å²) in [4.78, 5) is 24.9. The first-order chi connectivity index (χ1) is 7.22. The number of hydrogen-bond acceptors (Lipinski definition) is 3. The van der Waals surface area contributed by atoms with Crippen LogP contribution in [0.4, 0.5) is 0 Å². The molecule has 1 saturated carbocycles. The second-order valence-corrected chi connectivity index (χ2v) is 4.28.